The third-order valence-corrected chi connectivity index (χ3v) is 5.14. The van der Waals surface area contributed by atoms with Crippen LogP contribution in [-0.2, 0) is 17.9 Å². The minimum absolute atomic E-state index is 0.0680. The highest BCUT2D eigenvalue weighted by Gasteiger charge is 2.26. The number of rotatable bonds is 3. The summed E-state index contributed by atoms with van der Waals surface area (Å²) in [5, 5.41) is 3.59. The van der Waals surface area contributed by atoms with Crippen LogP contribution in [-0.4, -0.2) is 28.0 Å². The molecule has 0 saturated heterocycles. The van der Waals surface area contributed by atoms with E-state index in [1.807, 2.05) is 18.2 Å². The molecule has 0 spiro atoms. The zero-order valence-corrected chi connectivity index (χ0v) is 13.5. The Hall–Kier alpha value is -2.48. The van der Waals surface area contributed by atoms with E-state index in [2.05, 4.69) is 10.3 Å². The van der Waals surface area contributed by atoms with Crippen molar-refractivity contribution in [2.75, 3.05) is 12.5 Å². The van der Waals surface area contributed by atoms with Gasteiger partial charge in [-0.15, -0.1) is 0 Å². The van der Waals surface area contributed by atoms with E-state index in [0.29, 0.717) is 29.7 Å². The van der Waals surface area contributed by atoms with Crippen LogP contribution in [0, 0.1) is 5.92 Å². The fraction of sp³-hybridized carbons (Fsp3) is 0.312. The Morgan fingerprint density at radius 2 is 2.21 bits per heavy atom. The van der Waals surface area contributed by atoms with Crippen molar-refractivity contribution in [1.29, 1.82) is 0 Å². The molecule has 2 aliphatic rings. The van der Waals surface area contributed by atoms with Crippen LogP contribution < -0.4 is 20.3 Å². The van der Waals surface area contributed by atoms with Gasteiger partial charge in [0.2, 0.25) is 12.7 Å². The Bertz CT molecular complexity index is 851. The Balaban J connectivity index is 1.40. The van der Waals surface area contributed by atoms with E-state index in [1.54, 1.807) is 4.57 Å². The molecule has 0 bridgehead atoms. The molecule has 1 aromatic carbocycles. The summed E-state index contributed by atoms with van der Waals surface area (Å²) in [4.78, 5) is 28.5. The first-order chi connectivity index (χ1) is 11.7. The molecule has 24 heavy (non-hydrogen) atoms. The van der Waals surface area contributed by atoms with Crippen molar-refractivity contribution in [2.24, 2.45) is 5.92 Å². The van der Waals surface area contributed by atoms with Crippen LogP contribution in [0.3, 0.4) is 0 Å². The van der Waals surface area contributed by atoms with Crippen LogP contribution in [0.25, 0.3) is 0 Å². The van der Waals surface area contributed by atoms with E-state index >= 15 is 0 Å². The molecule has 1 aromatic heterocycles. The van der Waals surface area contributed by atoms with Crippen molar-refractivity contribution < 1.29 is 14.3 Å². The van der Waals surface area contributed by atoms with Gasteiger partial charge in [0.15, 0.2) is 16.7 Å². The number of benzene rings is 1. The molecule has 8 heteroatoms. The van der Waals surface area contributed by atoms with Crippen LogP contribution >= 0.6 is 11.8 Å². The number of carbonyl (C=O) groups excluding carboxylic acids is 1. The molecule has 0 aliphatic carbocycles. The molecular weight excluding hydrogens is 330 g/mol. The predicted octanol–water partition coefficient (Wildman–Crippen LogP) is 1.01. The SMILES string of the molecule is O=C(NCc1ccc2c(c1)OCO2)C1CSc2nccc(=O)n2C1. The number of nitrogens with one attached hydrogen (secondary N) is 1. The van der Waals surface area contributed by atoms with Crippen molar-refractivity contribution in [3.8, 4) is 11.5 Å². The Morgan fingerprint density at radius 1 is 1.33 bits per heavy atom. The largest absolute Gasteiger partial charge is 0.454 e. The predicted molar refractivity (Wildman–Crippen MR) is 87.1 cm³/mol. The van der Waals surface area contributed by atoms with Crippen molar-refractivity contribution >= 4 is 17.7 Å². The minimum Gasteiger partial charge on any atom is -0.454 e. The van der Waals surface area contributed by atoms with Crippen molar-refractivity contribution in [3.63, 3.8) is 0 Å². The summed E-state index contributed by atoms with van der Waals surface area (Å²) in [7, 11) is 0. The van der Waals surface area contributed by atoms with E-state index < -0.39 is 0 Å². The lowest BCUT2D eigenvalue weighted by atomic mass is 10.1. The third kappa shape index (κ3) is 2.84. The van der Waals surface area contributed by atoms with Crippen molar-refractivity contribution in [2.45, 2.75) is 18.2 Å². The lowest BCUT2D eigenvalue weighted by Gasteiger charge is -2.23. The Kier molecular flexibility index (Phi) is 3.89. The van der Waals surface area contributed by atoms with Crippen LogP contribution in [0.4, 0.5) is 0 Å². The summed E-state index contributed by atoms with van der Waals surface area (Å²) in [5.41, 5.74) is 0.816. The van der Waals surface area contributed by atoms with Gasteiger partial charge in [-0.25, -0.2) is 4.98 Å². The maximum absolute atomic E-state index is 12.4. The van der Waals surface area contributed by atoms with Gasteiger partial charge < -0.3 is 14.8 Å². The summed E-state index contributed by atoms with van der Waals surface area (Å²) in [6.07, 6.45) is 1.50. The molecule has 1 unspecified atom stereocenters. The lowest BCUT2D eigenvalue weighted by Crippen LogP contribution is -2.39. The number of aromatic nitrogens is 2. The van der Waals surface area contributed by atoms with Gasteiger partial charge in [0.05, 0.1) is 5.92 Å². The van der Waals surface area contributed by atoms with Gasteiger partial charge in [0.1, 0.15) is 0 Å². The molecular formula is C16H15N3O4S. The average Bonchev–Trinajstić information content (AvgIpc) is 3.07. The van der Waals surface area contributed by atoms with Crippen LogP contribution in [0.15, 0.2) is 40.4 Å². The first-order valence-electron chi connectivity index (χ1n) is 7.55. The van der Waals surface area contributed by atoms with E-state index in [9.17, 15) is 9.59 Å². The van der Waals surface area contributed by atoms with Gasteiger partial charge in [-0.2, -0.15) is 0 Å². The summed E-state index contributed by atoms with van der Waals surface area (Å²) >= 11 is 1.43. The number of fused-ring (bicyclic) bond motifs is 2. The first kappa shape index (κ1) is 15.1. The summed E-state index contributed by atoms with van der Waals surface area (Å²) < 4.78 is 12.2. The van der Waals surface area contributed by atoms with E-state index in [4.69, 9.17) is 9.47 Å². The molecule has 124 valence electrons. The zero-order valence-electron chi connectivity index (χ0n) is 12.7. The van der Waals surface area contributed by atoms with Crippen LogP contribution in [0.1, 0.15) is 5.56 Å². The van der Waals surface area contributed by atoms with Gasteiger partial charge in [-0.1, -0.05) is 17.8 Å². The highest BCUT2D eigenvalue weighted by Crippen LogP contribution is 2.32. The number of thioether (sulfide) groups is 1. The van der Waals surface area contributed by atoms with E-state index in [1.165, 1.54) is 24.0 Å². The van der Waals surface area contributed by atoms with Gasteiger partial charge in [-0.3, -0.25) is 14.2 Å². The van der Waals surface area contributed by atoms with Crippen LogP contribution in [0.2, 0.25) is 0 Å². The third-order valence-electron chi connectivity index (χ3n) is 3.99. The van der Waals surface area contributed by atoms with Gasteiger partial charge >= 0.3 is 0 Å². The maximum Gasteiger partial charge on any atom is 0.254 e. The standard InChI is InChI=1S/C16H15N3O4S/c20-14-3-4-17-16-19(14)7-11(8-24-16)15(21)18-6-10-1-2-12-13(5-10)23-9-22-12/h1-5,11H,6-9H2,(H,18,21). The normalized spacial score (nSPS) is 18.1. The molecule has 2 aliphatic heterocycles. The average molecular weight is 345 g/mol. The number of amides is 1. The minimum atomic E-state index is -0.251. The number of nitrogens with zero attached hydrogens (tertiary/aromatic N) is 2. The van der Waals surface area contributed by atoms with Gasteiger partial charge in [0.25, 0.3) is 5.56 Å². The summed E-state index contributed by atoms with van der Waals surface area (Å²) in [6.45, 7) is 1.00. The van der Waals surface area contributed by atoms with Gasteiger partial charge in [-0.05, 0) is 17.7 Å². The lowest BCUT2D eigenvalue weighted by molar-refractivity contribution is -0.125. The second-order valence-electron chi connectivity index (χ2n) is 5.59. The van der Waals surface area contributed by atoms with E-state index in [0.717, 1.165) is 11.3 Å². The van der Waals surface area contributed by atoms with E-state index in [-0.39, 0.29) is 24.2 Å². The Morgan fingerprint density at radius 3 is 3.12 bits per heavy atom. The molecule has 3 heterocycles. The number of ether oxygens (including phenoxy) is 2. The second-order valence-corrected chi connectivity index (χ2v) is 6.58. The second kappa shape index (κ2) is 6.20. The van der Waals surface area contributed by atoms with Crippen molar-refractivity contribution in [3.05, 3.63) is 46.4 Å². The molecule has 0 radical (unpaired) electrons. The van der Waals surface area contributed by atoms with Crippen LogP contribution in [0.5, 0.6) is 11.5 Å². The van der Waals surface area contributed by atoms with Crippen molar-refractivity contribution in [1.82, 2.24) is 14.9 Å². The number of hydrogen-bond acceptors (Lipinski definition) is 6. The zero-order chi connectivity index (χ0) is 16.5. The Labute approximate surface area is 142 Å². The highest BCUT2D eigenvalue weighted by atomic mass is 32.2. The topological polar surface area (TPSA) is 82.5 Å². The molecule has 1 atom stereocenters. The molecule has 4 rings (SSSR count). The molecule has 0 saturated carbocycles. The molecule has 7 nitrogen and oxygen atoms in total. The fourth-order valence-corrected chi connectivity index (χ4v) is 3.76. The molecule has 0 fully saturated rings. The monoisotopic (exact) mass is 345 g/mol. The first-order valence-corrected chi connectivity index (χ1v) is 8.54. The number of carbonyl (C=O) groups is 1. The molecule has 1 N–H and O–H groups in total. The quantitative estimate of drug-likeness (QED) is 0.836. The summed E-state index contributed by atoms with van der Waals surface area (Å²) in [6, 6.07) is 7.01. The maximum atomic E-state index is 12.4. The molecule has 1 amide bonds. The van der Waals surface area contributed by atoms with Gasteiger partial charge in [0, 0.05) is 31.1 Å². The smallest absolute Gasteiger partial charge is 0.254 e. The summed E-state index contributed by atoms with van der Waals surface area (Å²) in [5.74, 6) is 1.71. The highest BCUT2D eigenvalue weighted by molar-refractivity contribution is 7.99. The molecule has 2 aromatic rings. The number of hydrogen-bond donors (Lipinski definition) is 1. The fourth-order valence-electron chi connectivity index (χ4n) is 2.69.